The van der Waals surface area contributed by atoms with Crippen LogP contribution in [0.25, 0.3) is 0 Å². The molecule has 0 saturated carbocycles. The van der Waals surface area contributed by atoms with Gasteiger partial charge in [-0.05, 0) is 23.8 Å². The summed E-state index contributed by atoms with van der Waals surface area (Å²) in [5.41, 5.74) is 5.15. The molecule has 3 nitrogen and oxygen atoms in total. The van der Waals surface area contributed by atoms with Gasteiger partial charge in [0.15, 0.2) is 0 Å². The molecule has 0 fully saturated rings. The first-order valence-corrected chi connectivity index (χ1v) is 6.72. The van der Waals surface area contributed by atoms with Gasteiger partial charge in [-0.25, -0.2) is 0 Å². The van der Waals surface area contributed by atoms with Crippen LogP contribution in [0.2, 0.25) is 0 Å². The number of hydrogen-bond donors (Lipinski definition) is 1. The van der Waals surface area contributed by atoms with Crippen LogP contribution >= 0.6 is 15.9 Å². The summed E-state index contributed by atoms with van der Waals surface area (Å²) >= 11 is 3.40. The molecule has 0 spiro atoms. The number of halogens is 1. The Balaban J connectivity index is 1.91. The zero-order valence-electron chi connectivity index (χ0n) is 10.6. The number of benzene rings is 2. The third-order valence-electron chi connectivity index (χ3n) is 2.64. The van der Waals surface area contributed by atoms with Crippen molar-refractivity contribution in [2.75, 3.05) is 7.11 Å². The Morgan fingerprint density at radius 3 is 2.63 bits per heavy atom. The van der Waals surface area contributed by atoms with E-state index in [0.29, 0.717) is 6.54 Å². The molecule has 1 N–H and O–H groups in total. The van der Waals surface area contributed by atoms with Gasteiger partial charge in [-0.1, -0.05) is 46.3 Å². The quantitative estimate of drug-likeness (QED) is 0.675. The van der Waals surface area contributed by atoms with Gasteiger partial charge in [-0.3, -0.25) is 0 Å². The van der Waals surface area contributed by atoms with Crippen molar-refractivity contribution < 1.29 is 4.74 Å². The Kier molecular flexibility index (Phi) is 4.98. The first kappa shape index (κ1) is 13.6. The molecule has 4 heteroatoms. The van der Waals surface area contributed by atoms with Crippen LogP contribution in [0.1, 0.15) is 11.1 Å². The number of para-hydroxylation sites is 1. The number of ether oxygens (including phenoxy) is 1. The van der Waals surface area contributed by atoms with E-state index in [1.807, 2.05) is 48.5 Å². The molecule has 2 aromatic carbocycles. The van der Waals surface area contributed by atoms with Gasteiger partial charge in [0.05, 0.1) is 19.9 Å². The van der Waals surface area contributed by atoms with Crippen molar-refractivity contribution in [3.8, 4) is 5.75 Å². The third kappa shape index (κ3) is 4.10. The Morgan fingerprint density at radius 1 is 1.16 bits per heavy atom. The highest BCUT2D eigenvalue weighted by molar-refractivity contribution is 9.10. The summed E-state index contributed by atoms with van der Waals surface area (Å²) in [5, 5.41) is 4.20. The molecule has 0 atom stereocenters. The molecule has 0 radical (unpaired) electrons. The molecule has 98 valence electrons. The summed E-state index contributed by atoms with van der Waals surface area (Å²) in [7, 11) is 1.67. The Hall–Kier alpha value is -1.81. The summed E-state index contributed by atoms with van der Waals surface area (Å²) in [4.78, 5) is 0. The van der Waals surface area contributed by atoms with Crippen molar-refractivity contribution in [1.82, 2.24) is 5.43 Å². The molecule has 0 aliphatic rings. The van der Waals surface area contributed by atoms with Gasteiger partial charge in [-0.2, -0.15) is 5.10 Å². The fourth-order valence-corrected chi connectivity index (χ4v) is 1.91. The number of nitrogens with one attached hydrogen (secondary N) is 1. The van der Waals surface area contributed by atoms with Crippen molar-refractivity contribution in [1.29, 1.82) is 0 Å². The lowest BCUT2D eigenvalue weighted by Crippen LogP contribution is -2.06. The molecule has 2 rings (SSSR count). The largest absolute Gasteiger partial charge is 0.496 e. The Bertz CT molecular complexity index is 552. The van der Waals surface area contributed by atoms with E-state index in [-0.39, 0.29) is 0 Å². The minimum Gasteiger partial charge on any atom is -0.496 e. The molecule has 0 aromatic heterocycles. The smallest absolute Gasteiger partial charge is 0.123 e. The molecule has 0 amide bonds. The number of methoxy groups -OCH3 is 1. The van der Waals surface area contributed by atoms with Crippen molar-refractivity contribution in [3.63, 3.8) is 0 Å². The van der Waals surface area contributed by atoms with E-state index < -0.39 is 0 Å². The normalized spacial score (nSPS) is 10.6. The molecule has 0 bridgehead atoms. The lowest BCUT2D eigenvalue weighted by molar-refractivity contribution is 0.408. The third-order valence-corrected chi connectivity index (χ3v) is 3.17. The highest BCUT2D eigenvalue weighted by Gasteiger charge is 1.99. The van der Waals surface area contributed by atoms with Gasteiger partial charge in [0.1, 0.15) is 5.75 Å². The maximum Gasteiger partial charge on any atom is 0.123 e. The Morgan fingerprint density at radius 2 is 1.89 bits per heavy atom. The SMILES string of the molecule is COc1ccccc1CN/N=C\c1ccc(Br)cc1. The highest BCUT2D eigenvalue weighted by atomic mass is 79.9. The minimum absolute atomic E-state index is 0.636. The molecule has 19 heavy (non-hydrogen) atoms. The van der Waals surface area contributed by atoms with Gasteiger partial charge < -0.3 is 10.2 Å². The van der Waals surface area contributed by atoms with Gasteiger partial charge in [-0.15, -0.1) is 0 Å². The molecular weight excluding hydrogens is 304 g/mol. The summed E-state index contributed by atoms with van der Waals surface area (Å²) in [6, 6.07) is 15.9. The zero-order chi connectivity index (χ0) is 13.5. The topological polar surface area (TPSA) is 33.6 Å². The fraction of sp³-hybridized carbons (Fsp3) is 0.133. The molecule has 0 unspecified atom stereocenters. The van der Waals surface area contributed by atoms with Crippen LogP contribution in [-0.2, 0) is 6.54 Å². The van der Waals surface area contributed by atoms with Crippen LogP contribution in [0.15, 0.2) is 58.1 Å². The molecular formula is C15H15BrN2O. The molecule has 0 saturated heterocycles. The van der Waals surface area contributed by atoms with Crippen LogP contribution in [-0.4, -0.2) is 13.3 Å². The summed E-state index contributed by atoms with van der Waals surface area (Å²) in [5.74, 6) is 0.869. The molecule has 0 heterocycles. The van der Waals surface area contributed by atoms with E-state index in [1.165, 1.54) is 0 Å². The predicted octanol–water partition coefficient (Wildman–Crippen LogP) is 3.58. The second kappa shape index (κ2) is 6.95. The summed E-state index contributed by atoms with van der Waals surface area (Å²) in [6.45, 7) is 0.636. The fourth-order valence-electron chi connectivity index (χ4n) is 1.65. The maximum absolute atomic E-state index is 5.28. The second-order valence-electron chi connectivity index (χ2n) is 3.96. The van der Waals surface area contributed by atoms with Gasteiger partial charge in [0, 0.05) is 10.0 Å². The van der Waals surface area contributed by atoms with E-state index in [2.05, 4.69) is 26.5 Å². The number of nitrogens with zero attached hydrogens (tertiary/aromatic N) is 1. The van der Waals surface area contributed by atoms with Crippen LogP contribution in [0.4, 0.5) is 0 Å². The zero-order valence-corrected chi connectivity index (χ0v) is 12.2. The van der Waals surface area contributed by atoms with Crippen molar-refractivity contribution in [3.05, 3.63) is 64.1 Å². The first-order valence-electron chi connectivity index (χ1n) is 5.93. The second-order valence-corrected chi connectivity index (χ2v) is 4.87. The van der Waals surface area contributed by atoms with Crippen LogP contribution < -0.4 is 10.2 Å². The first-order chi connectivity index (χ1) is 9.29. The van der Waals surface area contributed by atoms with Crippen LogP contribution in [0.5, 0.6) is 5.75 Å². The molecule has 0 aliphatic carbocycles. The molecule has 2 aromatic rings. The van der Waals surface area contributed by atoms with E-state index in [4.69, 9.17) is 4.74 Å². The van der Waals surface area contributed by atoms with Gasteiger partial charge in [0.25, 0.3) is 0 Å². The minimum atomic E-state index is 0.636. The lowest BCUT2D eigenvalue weighted by atomic mass is 10.2. The number of hydrogen-bond acceptors (Lipinski definition) is 3. The summed E-state index contributed by atoms with van der Waals surface area (Å²) < 4.78 is 6.34. The van der Waals surface area contributed by atoms with Gasteiger partial charge in [0.2, 0.25) is 0 Å². The molecule has 0 aliphatic heterocycles. The van der Waals surface area contributed by atoms with Crippen molar-refractivity contribution in [2.24, 2.45) is 5.10 Å². The maximum atomic E-state index is 5.28. The monoisotopic (exact) mass is 318 g/mol. The van der Waals surface area contributed by atoms with E-state index in [1.54, 1.807) is 13.3 Å². The van der Waals surface area contributed by atoms with E-state index >= 15 is 0 Å². The average molecular weight is 319 g/mol. The predicted molar refractivity (Wildman–Crippen MR) is 81.6 cm³/mol. The van der Waals surface area contributed by atoms with E-state index in [9.17, 15) is 0 Å². The van der Waals surface area contributed by atoms with Crippen LogP contribution in [0, 0.1) is 0 Å². The highest BCUT2D eigenvalue weighted by Crippen LogP contribution is 2.16. The Labute approximate surface area is 121 Å². The standard InChI is InChI=1S/C15H15BrN2O/c1-19-15-5-3-2-4-13(15)11-18-17-10-12-6-8-14(16)9-7-12/h2-10,18H,11H2,1H3/b17-10-. The van der Waals surface area contributed by atoms with Crippen LogP contribution in [0.3, 0.4) is 0 Å². The van der Waals surface area contributed by atoms with E-state index in [0.717, 1.165) is 21.3 Å². The van der Waals surface area contributed by atoms with Gasteiger partial charge >= 0.3 is 0 Å². The lowest BCUT2D eigenvalue weighted by Gasteiger charge is -2.07. The number of hydrazone groups is 1. The number of rotatable bonds is 5. The average Bonchev–Trinajstić information content (AvgIpc) is 2.46. The van der Waals surface area contributed by atoms with Crippen molar-refractivity contribution >= 4 is 22.1 Å². The summed E-state index contributed by atoms with van der Waals surface area (Å²) in [6.07, 6.45) is 1.79. The van der Waals surface area contributed by atoms with Crippen molar-refractivity contribution in [2.45, 2.75) is 6.54 Å².